The van der Waals surface area contributed by atoms with Gasteiger partial charge in [0.25, 0.3) is 0 Å². The largest absolute Gasteiger partial charge is 0.361 e. The average molecular weight is 272 g/mol. The average Bonchev–Trinajstić information content (AvgIpc) is 2.31. The van der Waals surface area contributed by atoms with Crippen molar-refractivity contribution in [2.75, 3.05) is 34.7 Å². The third kappa shape index (κ3) is 7.40. The van der Waals surface area contributed by atoms with Crippen molar-refractivity contribution in [3.8, 4) is 0 Å². The first-order valence-corrected chi connectivity index (χ1v) is 6.22. The second-order valence-electron chi connectivity index (χ2n) is 4.92. The molecule has 0 radical (unpaired) electrons. The smallest absolute Gasteiger partial charge is 0.309 e. The number of hydrogen-bond donors (Lipinski definition) is 2. The monoisotopic (exact) mass is 272 g/mol. The van der Waals surface area contributed by atoms with Crippen molar-refractivity contribution < 1.29 is 14.4 Å². The summed E-state index contributed by atoms with van der Waals surface area (Å²) in [7, 11) is 7.14. The van der Waals surface area contributed by atoms with Crippen LogP contribution in [0.5, 0.6) is 0 Å². The molecule has 0 bridgehead atoms. The van der Waals surface area contributed by atoms with Gasteiger partial charge >= 0.3 is 11.8 Å². The molecule has 0 aromatic rings. The minimum atomic E-state index is -1.08. The molecular weight excluding hydrogens is 248 g/mol. The fourth-order valence-electron chi connectivity index (χ4n) is 1.57. The van der Waals surface area contributed by atoms with Gasteiger partial charge in [0.1, 0.15) is 6.04 Å². The summed E-state index contributed by atoms with van der Waals surface area (Å²) in [6.07, 6.45) is 2.18. The number of carbonyl (C=O) groups excluding carboxylic acids is 3. The van der Waals surface area contributed by atoms with Crippen LogP contribution >= 0.6 is 0 Å². The van der Waals surface area contributed by atoms with E-state index >= 15 is 0 Å². The summed E-state index contributed by atoms with van der Waals surface area (Å²) in [6, 6.07) is -0.697. The molecule has 0 saturated carbocycles. The molecule has 7 heteroatoms. The van der Waals surface area contributed by atoms with Gasteiger partial charge in [0.05, 0.1) is 0 Å². The van der Waals surface area contributed by atoms with Crippen LogP contribution in [0.15, 0.2) is 0 Å². The highest BCUT2D eigenvalue weighted by Gasteiger charge is 2.23. The highest BCUT2D eigenvalue weighted by Crippen LogP contribution is 2.04. The van der Waals surface area contributed by atoms with Crippen molar-refractivity contribution in [2.24, 2.45) is 5.73 Å². The zero-order chi connectivity index (χ0) is 15.0. The normalized spacial score (nSPS) is 12.1. The van der Waals surface area contributed by atoms with Gasteiger partial charge in [-0.05, 0) is 39.9 Å². The van der Waals surface area contributed by atoms with Crippen molar-refractivity contribution in [2.45, 2.75) is 25.3 Å². The van der Waals surface area contributed by atoms with E-state index in [0.717, 1.165) is 19.4 Å². The molecular formula is C12H24N4O3. The van der Waals surface area contributed by atoms with Crippen molar-refractivity contribution >= 4 is 17.7 Å². The first-order chi connectivity index (χ1) is 8.75. The van der Waals surface area contributed by atoms with E-state index in [1.807, 2.05) is 19.0 Å². The zero-order valence-electron chi connectivity index (χ0n) is 12.1. The quantitative estimate of drug-likeness (QED) is 0.448. The summed E-state index contributed by atoms with van der Waals surface area (Å²) < 4.78 is 0. The Hall–Kier alpha value is -1.63. The fraction of sp³-hybridized carbons (Fsp3) is 0.750. The Morgan fingerprint density at radius 1 is 1.11 bits per heavy atom. The minimum absolute atomic E-state index is 0.237. The predicted molar refractivity (Wildman–Crippen MR) is 72.2 cm³/mol. The summed E-state index contributed by atoms with van der Waals surface area (Å²) in [4.78, 5) is 37.3. The van der Waals surface area contributed by atoms with Gasteiger partial charge in [-0.1, -0.05) is 0 Å². The highest BCUT2D eigenvalue weighted by molar-refractivity contribution is 6.34. The van der Waals surface area contributed by atoms with Gasteiger partial charge in [-0.2, -0.15) is 0 Å². The van der Waals surface area contributed by atoms with Crippen LogP contribution in [0.1, 0.15) is 19.3 Å². The first kappa shape index (κ1) is 17.4. The number of unbranched alkanes of at least 4 members (excludes halogenated alkanes) is 1. The maximum absolute atomic E-state index is 11.9. The molecule has 0 aromatic carbocycles. The fourth-order valence-corrected chi connectivity index (χ4v) is 1.57. The lowest BCUT2D eigenvalue weighted by atomic mass is 10.1. The van der Waals surface area contributed by atoms with Gasteiger partial charge < -0.3 is 20.9 Å². The Bertz CT molecular complexity index is 329. The summed E-state index contributed by atoms with van der Waals surface area (Å²) in [5.41, 5.74) is 4.87. The minimum Gasteiger partial charge on any atom is -0.361 e. The van der Waals surface area contributed by atoms with E-state index in [-0.39, 0.29) is 5.91 Å². The van der Waals surface area contributed by atoms with E-state index in [0.29, 0.717) is 6.42 Å². The number of nitrogens with two attached hydrogens (primary N) is 1. The maximum Gasteiger partial charge on any atom is 0.309 e. The molecule has 3 N–H and O–H groups in total. The number of amides is 3. The predicted octanol–water partition coefficient (Wildman–Crippen LogP) is -1.22. The molecule has 0 aliphatic carbocycles. The van der Waals surface area contributed by atoms with Crippen LogP contribution in [0.25, 0.3) is 0 Å². The summed E-state index contributed by atoms with van der Waals surface area (Å²) >= 11 is 0. The summed E-state index contributed by atoms with van der Waals surface area (Å²) in [6.45, 7) is 0.909. The number of nitrogens with one attached hydrogen (secondary N) is 1. The van der Waals surface area contributed by atoms with Crippen molar-refractivity contribution in [3.05, 3.63) is 0 Å². The Labute approximate surface area is 114 Å². The third-order valence-electron chi connectivity index (χ3n) is 2.62. The third-order valence-corrected chi connectivity index (χ3v) is 2.62. The molecule has 0 spiro atoms. The van der Waals surface area contributed by atoms with Crippen LogP contribution in [0, 0.1) is 0 Å². The van der Waals surface area contributed by atoms with Gasteiger partial charge in [0, 0.05) is 14.1 Å². The zero-order valence-corrected chi connectivity index (χ0v) is 12.1. The SMILES string of the molecule is CN(C)CCCC[C@H](NC(=O)C(N)=O)C(=O)N(C)C. The molecule has 0 unspecified atom stereocenters. The molecule has 7 nitrogen and oxygen atoms in total. The van der Waals surface area contributed by atoms with E-state index in [1.165, 1.54) is 4.90 Å². The van der Waals surface area contributed by atoms with Crippen molar-refractivity contribution in [1.82, 2.24) is 15.1 Å². The lowest BCUT2D eigenvalue weighted by molar-refractivity contribution is -0.140. The van der Waals surface area contributed by atoms with E-state index in [1.54, 1.807) is 14.1 Å². The maximum atomic E-state index is 11.9. The van der Waals surface area contributed by atoms with Crippen molar-refractivity contribution in [1.29, 1.82) is 0 Å². The van der Waals surface area contributed by atoms with Gasteiger partial charge in [-0.25, -0.2) is 0 Å². The Morgan fingerprint density at radius 2 is 1.68 bits per heavy atom. The first-order valence-electron chi connectivity index (χ1n) is 6.22. The Balaban J connectivity index is 4.39. The number of carbonyl (C=O) groups is 3. The molecule has 0 saturated heterocycles. The van der Waals surface area contributed by atoms with E-state index in [2.05, 4.69) is 5.32 Å². The molecule has 110 valence electrons. The second-order valence-corrected chi connectivity index (χ2v) is 4.92. The van der Waals surface area contributed by atoms with E-state index in [4.69, 9.17) is 5.73 Å². The number of hydrogen-bond acceptors (Lipinski definition) is 4. The highest BCUT2D eigenvalue weighted by atomic mass is 16.2. The van der Waals surface area contributed by atoms with Crippen LogP contribution < -0.4 is 11.1 Å². The van der Waals surface area contributed by atoms with Crippen molar-refractivity contribution in [3.63, 3.8) is 0 Å². The lowest BCUT2D eigenvalue weighted by Gasteiger charge is -2.21. The number of primary amides is 1. The molecule has 0 heterocycles. The molecule has 0 aliphatic rings. The molecule has 0 fully saturated rings. The molecule has 1 atom stereocenters. The topological polar surface area (TPSA) is 95.7 Å². The number of likely N-dealkylation sites (N-methyl/N-ethyl adjacent to an activating group) is 1. The summed E-state index contributed by atoms with van der Waals surface area (Å²) in [5.74, 6) is -2.24. The van der Waals surface area contributed by atoms with Gasteiger partial charge in [-0.3, -0.25) is 14.4 Å². The van der Waals surface area contributed by atoms with Crippen LogP contribution in [-0.4, -0.2) is 68.3 Å². The van der Waals surface area contributed by atoms with Gasteiger partial charge in [-0.15, -0.1) is 0 Å². The van der Waals surface area contributed by atoms with Crippen LogP contribution in [-0.2, 0) is 14.4 Å². The molecule has 0 aliphatic heterocycles. The molecule has 3 amide bonds. The number of nitrogens with zero attached hydrogens (tertiary/aromatic N) is 2. The lowest BCUT2D eigenvalue weighted by Crippen LogP contribution is -2.49. The molecule has 0 aromatic heterocycles. The molecule has 19 heavy (non-hydrogen) atoms. The van der Waals surface area contributed by atoms with Crippen LogP contribution in [0.3, 0.4) is 0 Å². The van der Waals surface area contributed by atoms with Crippen LogP contribution in [0.4, 0.5) is 0 Å². The standard InChI is InChI=1S/C12H24N4O3/c1-15(2)8-6-5-7-9(12(19)16(3)4)14-11(18)10(13)17/h9H,5-8H2,1-4H3,(H2,13,17)(H,14,18)/t9-/m0/s1. The molecule has 0 rings (SSSR count). The number of rotatable bonds is 7. The van der Waals surface area contributed by atoms with E-state index in [9.17, 15) is 14.4 Å². The second kappa shape index (κ2) is 8.47. The Kier molecular flexibility index (Phi) is 7.74. The van der Waals surface area contributed by atoms with E-state index < -0.39 is 17.9 Å². The van der Waals surface area contributed by atoms with Gasteiger partial charge in [0.15, 0.2) is 0 Å². The van der Waals surface area contributed by atoms with Gasteiger partial charge in [0.2, 0.25) is 5.91 Å². The Morgan fingerprint density at radius 3 is 2.11 bits per heavy atom. The summed E-state index contributed by atoms with van der Waals surface area (Å²) in [5, 5.41) is 2.37. The van der Waals surface area contributed by atoms with Crippen LogP contribution in [0.2, 0.25) is 0 Å².